The molecule has 1 atom stereocenters. The molecule has 1 aromatic rings. The number of halogens is 2. The SMILES string of the molecule is CCNCCNC(=O)C(NC(=O)c1ccccc1Cl)C(C)C.Cl. The second-order valence-electron chi connectivity index (χ2n) is 5.32. The van der Waals surface area contributed by atoms with E-state index in [1.54, 1.807) is 24.3 Å². The fourth-order valence-corrected chi connectivity index (χ4v) is 2.18. The van der Waals surface area contributed by atoms with Gasteiger partial charge in [0.1, 0.15) is 6.04 Å². The summed E-state index contributed by atoms with van der Waals surface area (Å²) >= 11 is 6.01. The molecule has 7 heteroatoms. The molecule has 3 N–H and O–H groups in total. The summed E-state index contributed by atoms with van der Waals surface area (Å²) in [5, 5.41) is 9.08. The summed E-state index contributed by atoms with van der Waals surface area (Å²) < 4.78 is 0. The van der Waals surface area contributed by atoms with Crippen LogP contribution in [-0.2, 0) is 4.79 Å². The molecule has 0 saturated carbocycles. The van der Waals surface area contributed by atoms with Crippen molar-refractivity contribution in [1.29, 1.82) is 0 Å². The van der Waals surface area contributed by atoms with Crippen LogP contribution in [0.4, 0.5) is 0 Å². The summed E-state index contributed by atoms with van der Waals surface area (Å²) in [7, 11) is 0. The van der Waals surface area contributed by atoms with Gasteiger partial charge in [0.15, 0.2) is 0 Å². The molecule has 1 aromatic carbocycles. The molecule has 0 aliphatic rings. The highest BCUT2D eigenvalue weighted by atomic mass is 35.5. The monoisotopic (exact) mass is 361 g/mol. The Bertz CT molecular complexity index is 510. The van der Waals surface area contributed by atoms with E-state index in [1.165, 1.54) is 0 Å². The van der Waals surface area contributed by atoms with Crippen molar-refractivity contribution >= 4 is 35.8 Å². The van der Waals surface area contributed by atoms with Gasteiger partial charge in [0, 0.05) is 13.1 Å². The highest BCUT2D eigenvalue weighted by molar-refractivity contribution is 6.33. The van der Waals surface area contributed by atoms with Crippen molar-refractivity contribution in [2.45, 2.75) is 26.8 Å². The summed E-state index contributed by atoms with van der Waals surface area (Å²) in [5.74, 6) is -0.551. The summed E-state index contributed by atoms with van der Waals surface area (Å²) in [4.78, 5) is 24.5. The van der Waals surface area contributed by atoms with E-state index in [2.05, 4.69) is 16.0 Å². The smallest absolute Gasteiger partial charge is 0.253 e. The molecular formula is C16H25Cl2N3O2. The Hall–Kier alpha value is -1.30. The number of hydrogen-bond donors (Lipinski definition) is 3. The van der Waals surface area contributed by atoms with Crippen LogP contribution in [0.2, 0.25) is 5.02 Å². The molecule has 1 unspecified atom stereocenters. The van der Waals surface area contributed by atoms with Crippen LogP contribution in [0.25, 0.3) is 0 Å². The van der Waals surface area contributed by atoms with Crippen LogP contribution in [0.1, 0.15) is 31.1 Å². The average Bonchev–Trinajstić information content (AvgIpc) is 2.49. The van der Waals surface area contributed by atoms with Crippen LogP contribution < -0.4 is 16.0 Å². The summed E-state index contributed by atoms with van der Waals surface area (Å²) in [6, 6.07) is 6.19. The number of benzene rings is 1. The largest absolute Gasteiger partial charge is 0.353 e. The first-order chi connectivity index (χ1) is 10.5. The number of hydrogen-bond acceptors (Lipinski definition) is 3. The molecule has 130 valence electrons. The molecule has 0 bridgehead atoms. The molecule has 0 saturated heterocycles. The van der Waals surface area contributed by atoms with Gasteiger partial charge in [-0.1, -0.05) is 44.5 Å². The number of carbonyl (C=O) groups is 2. The van der Waals surface area contributed by atoms with Crippen LogP contribution in [0.15, 0.2) is 24.3 Å². The van der Waals surface area contributed by atoms with Crippen LogP contribution >= 0.6 is 24.0 Å². The molecule has 0 aliphatic heterocycles. The van der Waals surface area contributed by atoms with Crippen LogP contribution in [0.3, 0.4) is 0 Å². The third-order valence-corrected chi connectivity index (χ3v) is 3.53. The van der Waals surface area contributed by atoms with E-state index < -0.39 is 6.04 Å². The maximum Gasteiger partial charge on any atom is 0.253 e. The quantitative estimate of drug-likeness (QED) is 0.621. The van der Waals surface area contributed by atoms with Gasteiger partial charge in [-0.3, -0.25) is 9.59 Å². The molecule has 0 radical (unpaired) electrons. The molecule has 0 fully saturated rings. The lowest BCUT2D eigenvalue weighted by Gasteiger charge is -2.22. The van der Waals surface area contributed by atoms with E-state index in [0.717, 1.165) is 6.54 Å². The molecule has 0 heterocycles. The second-order valence-corrected chi connectivity index (χ2v) is 5.73. The summed E-state index contributed by atoms with van der Waals surface area (Å²) in [6.07, 6.45) is 0. The molecule has 0 aliphatic carbocycles. The Labute approximate surface area is 149 Å². The number of carbonyl (C=O) groups excluding carboxylic acids is 2. The fraction of sp³-hybridized carbons (Fsp3) is 0.500. The number of rotatable bonds is 8. The van der Waals surface area contributed by atoms with Gasteiger partial charge >= 0.3 is 0 Å². The molecule has 0 spiro atoms. The lowest BCUT2D eigenvalue weighted by Crippen LogP contribution is -2.50. The third kappa shape index (κ3) is 7.20. The van der Waals surface area contributed by atoms with Crippen molar-refractivity contribution in [2.75, 3.05) is 19.6 Å². The second kappa shape index (κ2) is 11.3. The zero-order valence-corrected chi connectivity index (χ0v) is 15.3. The summed E-state index contributed by atoms with van der Waals surface area (Å²) in [6.45, 7) is 7.86. The lowest BCUT2D eigenvalue weighted by atomic mass is 10.0. The number of likely N-dealkylation sites (N-methyl/N-ethyl adjacent to an activating group) is 1. The van der Waals surface area contributed by atoms with Crippen molar-refractivity contribution in [3.8, 4) is 0 Å². The lowest BCUT2D eigenvalue weighted by molar-refractivity contribution is -0.123. The van der Waals surface area contributed by atoms with E-state index in [9.17, 15) is 9.59 Å². The highest BCUT2D eigenvalue weighted by Crippen LogP contribution is 2.15. The van der Waals surface area contributed by atoms with Crippen molar-refractivity contribution in [1.82, 2.24) is 16.0 Å². The maximum atomic E-state index is 12.3. The zero-order chi connectivity index (χ0) is 16.5. The maximum absolute atomic E-state index is 12.3. The molecule has 1 rings (SSSR count). The first-order valence-electron chi connectivity index (χ1n) is 7.51. The van der Waals surface area contributed by atoms with Gasteiger partial charge in [-0.2, -0.15) is 0 Å². The number of amides is 2. The first kappa shape index (κ1) is 21.7. The van der Waals surface area contributed by atoms with Crippen LogP contribution in [0, 0.1) is 5.92 Å². The summed E-state index contributed by atoms with van der Waals surface area (Å²) in [5.41, 5.74) is 0.371. The van der Waals surface area contributed by atoms with Gasteiger partial charge in [0.25, 0.3) is 5.91 Å². The Kier molecular flexibility index (Phi) is 10.6. The Morgan fingerprint density at radius 3 is 2.39 bits per heavy atom. The van der Waals surface area contributed by atoms with E-state index in [4.69, 9.17) is 11.6 Å². The predicted molar refractivity (Wildman–Crippen MR) is 96.3 cm³/mol. The van der Waals surface area contributed by atoms with Crippen LogP contribution in [0.5, 0.6) is 0 Å². The first-order valence-corrected chi connectivity index (χ1v) is 7.89. The predicted octanol–water partition coefficient (Wildman–Crippen LogP) is 2.24. The highest BCUT2D eigenvalue weighted by Gasteiger charge is 2.24. The average molecular weight is 362 g/mol. The van der Waals surface area contributed by atoms with E-state index in [-0.39, 0.29) is 30.1 Å². The van der Waals surface area contributed by atoms with Crippen molar-refractivity contribution in [2.24, 2.45) is 5.92 Å². The minimum atomic E-state index is -0.592. The molecule has 2 amide bonds. The minimum Gasteiger partial charge on any atom is -0.353 e. The van der Waals surface area contributed by atoms with E-state index >= 15 is 0 Å². The molecule has 0 aromatic heterocycles. The van der Waals surface area contributed by atoms with Gasteiger partial charge in [-0.25, -0.2) is 0 Å². The van der Waals surface area contributed by atoms with Gasteiger partial charge in [-0.05, 0) is 24.6 Å². The van der Waals surface area contributed by atoms with Crippen molar-refractivity contribution in [3.63, 3.8) is 0 Å². The normalized spacial score (nSPS) is 11.5. The standard InChI is InChI=1S/C16H24ClN3O2.ClH/c1-4-18-9-10-19-16(22)14(11(2)3)20-15(21)12-7-5-6-8-13(12)17;/h5-8,11,14,18H,4,9-10H2,1-3H3,(H,19,22)(H,20,21);1H. The van der Waals surface area contributed by atoms with E-state index in [0.29, 0.717) is 23.7 Å². The molecular weight excluding hydrogens is 337 g/mol. The van der Waals surface area contributed by atoms with Crippen molar-refractivity contribution in [3.05, 3.63) is 34.9 Å². The van der Waals surface area contributed by atoms with Crippen molar-refractivity contribution < 1.29 is 9.59 Å². The van der Waals surface area contributed by atoms with Gasteiger partial charge in [0.05, 0.1) is 10.6 Å². The Morgan fingerprint density at radius 2 is 1.83 bits per heavy atom. The Balaban J connectivity index is 0.00000484. The van der Waals surface area contributed by atoms with Gasteiger partial charge in [-0.15, -0.1) is 12.4 Å². The van der Waals surface area contributed by atoms with E-state index in [1.807, 2.05) is 20.8 Å². The van der Waals surface area contributed by atoms with Gasteiger partial charge < -0.3 is 16.0 Å². The number of nitrogens with one attached hydrogen (secondary N) is 3. The Morgan fingerprint density at radius 1 is 1.17 bits per heavy atom. The molecule has 23 heavy (non-hydrogen) atoms. The fourth-order valence-electron chi connectivity index (χ4n) is 1.96. The third-order valence-electron chi connectivity index (χ3n) is 3.21. The molecule has 5 nitrogen and oxygen atoms in total. The van der Waals surface area contributed by atoms with Gasteiger partial charge in [0.2, 0.25) is 5.91 Å². The topological polar surface area (TPSA) is 70.2 Å². The van der Waals surface area contributed by atoms with Crippen LogP contribution in [-0.4, -0.2) is 37.5 Å². The minimum absolute atomic E-state index is 0. The zero-order valence-electron chi connectivity index (χ0n) is 13.7.